The number of halogens is 1. The number of aromatic nitrogens is 2. The molecule has 6 nitrogen and oxygen atoms in total. The van der Waals surface area contributed by atoms with E-state index in [0.717, 1.165) is 25.7 Å². The van der Waals surface area contributed by atoms with Gasteiger partial charge in [-0.2, -0.15) is 0 Å². The van der Waals surface area contributed by atoms with Crippen LogP contribution in [0.5, 0.6) is 0 Å². The molecule has 1 heterocycles. The van der Waals surface area contributed by atoms with Gasteiger partial charge in [-0.3, -0.25) is 14.9 Å². The number of anilines is 1. The van der Waals surface area contributed by atoms with Gasteiger partial charge < -0.3 is 9.67 Å². The van der Waals surface area contributed by atoms with Crippen molar-refractivity contribution >= 4 is 28.9 Å². The van der Waals surface area contributed by atoms with Crippen molar-refractivity contribution in [3.8, 4) is 0 Å². The van der Waals surface area contributed by atoms with Crippen LogP contribution < -0.4 is 5.32 Å². The molecule has 0 saturated heterocycles. The molecule has 2 aliphatic carbocycles. The van der Waals surface area contributed by atoms with Crippen LogP contribution in [0.15, 0.2) is 12.1 Å². The molecule has 0 unspecified atom stereocenters. The zero-order valence-electron chi connectivity index (χ0n) is 14.9. The van der Waals surface area contributed by atoms with Crippen molar-refractivity contribution in [2.24, 2.45) is 11.3 Å². The number of amides is 1. The Labute approximate surface area is 150 Å². The predicted molar refractivity (Wildman–Crippen MR) is 94.4 cm³/mol. The van der Waals surface area contributed by atoms with Crippen molar-refractivity contribution in [1.29, 1.82) is 0 Å². The molecule has 2 saturated carbocycles. The maximum Gasteiger partial charge on any atom is 0.307 e. The molecule has 1 aromatic heterocycles. The summed E-state index contributed by atoms with van der Waals surface area (Å²) in [5, 5.41) is 11.9. The van der Waals surface area contributed by atoms with Crippen LogP contribution >= 0.6 is 0 Å². The van der Waals surface area contributed by atoms with Gasteiger partial charge in [0.15, 0.2) is 5.82 Å². The Kier molecular flexibility index (Phi) is 3.78. The average molecular weight is 359 g/mol. The third kappa shape index (κ3) is 2.75. The summed E-state index contributed by atoms with van der Waals surface area (Å²) in [7, 11) is 0. The highest BCUT2D eigenvalue weighted by molar-refractivity contribution is 5.95. The van der Waals surface area contributed by atoms with E-state index in [-0.39, 0.29) is 35.3 Å². The second kappa shape index (κ2) is 5.79. The van der Waals surface area contributed by atoms with Gasteiger partial charge in [0.2, 0.25) is 11.9 Å². The molecular formula is C19H22FN3O3. The lowest BCUT2D eigenvalue weighted by Crippen LogP contribution is -2.24. The summed E-state index contributed by atoms with van der Waals surface area (Å²) in [5.74, 6) is -1.41. The van der Waals surface area contributed by atoms with Crippen molar-refractivity contribution in [2.45, 2.75) is 52.0 Å². The number of imidazole rings is 1. The lowest BCUT2D eigenvalue weighted by Gasteiger charge is -2.29. The first-order chi connectivity index (χ1) is 12.3. The molecule has 1 atom stereocenters. The number of benzene rings is 1. The standard InChI is InChI=1S/C19H22FN3O3/c1-19(2)9-12(19)17(26)22-18-21-13-7-6-10(8-14(24)25)15(20)16(13)23(18)11-4-3-5-11/h6-7,11-12H,3-5,8-9H2,1-2H3,(H,24,25)(H,21,22,26)/t12-/m1/s1. The molecule has 0 spiro atoms. The number of carboxylic acid groups (broad SMARTS) is 1. The van der Waals surface area contributed by atoms with E-state index in [2.05, 4.69) is 10.3 Å². The molecule has 26 heavy (non-hydrogen) atoms. The summed E-state index contributed by atoms with van der Waals surface area (Å²) >= 11 is 0. The minimum Gasteiger partial charge on any atom is -0.481 e. The minimum atomic E-state index is -1.08. The number of hydrogen-bond acceptors (Lipinski definition) is 3. The van der Waals surface area contributed by atoms with Crippen LogP contribution in [0.1, 0.15) is 51.1 Å². The first-order valence-corrected chi connectivity index (χ1v) is 9.00. The van der Waals surface area contributed by atoms with Crippen molar-refractivity contribution < 1.29 is 19.1 Å². The van der Waals surface area contributed by atoms with Crippen LogP contribution in [0.2, 0.25) is 0 Å². The molecule has 4 rings (SSSR count). The Morgan fingerprint density at radius 1 is 1.38 bits per heavy atom. The van der Waals surface area contributed by atoms with Crippen molar-refractivity contribution in [3.05, 3.63) is 23.5 Å². The Balaban J connectivity index is 1.76. The Bertz CT molecular complexity index is 914. The van der Waals surface area contributed by atoms with Crippen LogP contribution in [0.3, 0.4) is 0 Å². The molecule has 138 valence electrons. The summed E-state index contributed by atoms with van der Waals surface area (Å²) in [4.78, 5) is 27.9. The van der Waals surface area contributed by atoms with Crippen LogP contribution in [-0.2, 0) is 16.0 Å². The number of fused-ring (bicyclic) bond motifs is 1. The molecule has 2 aliphatic rings. The lowest BCUT2D eigenvalue weighted by atomic mass is 9.92. The van der Waals surface area contributed by atoms with Gasteiger partial charge in [0.25, 0.3) is 0 Å². The highest BCUT2D eigenvalue weighted by atomic mass is 19.1. The first-order valence-electron chi connectivity index (χ1n) is 9.00. The van der Waals surface area contributed by atoms with Gasteiger partial charge in [-0.05, 0) is 37.2 Å². The second-order valence-electron chi connectivity index (χ2n) is 8.10. The van der Waals surface area contributed by atoms with Gasteiger partial charge >= 0.3 is 5.97 Å². The summed E-state index contributed by atoms with van der Waals surface area (Å²) in [6.45, 7) is 4.09. The molecule has 0 aliphatic heterocycles. The van der Waals surface area contributed by atoms with Gasteiger partial charge in [0.05, 0.1) is 11.9 Å². The van der Waals surface area contributed by atoms with E-state index in [9.17, 15) is 9.59 Å². The number of carbonyl (C=O) groups is 2. The molecule has 1 amide bonds. The third-order valence-corrected chi connectivity index (χ3v) is 5.72. The second-order valence-corrected chi connectivity index (χ2v) is 8.10. The smallest absolute Gasteiger partial charge is 0.307 e. The Morgan fingerprint density at radius 2 is 2.08 bits per heavy atom. The van der Waals surface area contributed by atoms with E-state index in [1.165, 1.54) is 6.07 Å². The van der Waals surface area contributed by atoms with Crippen molar-refractivity contribution in [2.75, 3.05) is 5.32 Å². The SMILES string of the molecule is CC1(C)C[C@@H]1C(=O)Nc1nc2ccc(CC(=O)O)c(F)c2n1C1CCC1. The molecule has 0 bridgehead atoms. The van der Waals surface area contributed by atoms with E-state index in [1.807, 2.05) is 13.8 Å². The van der Waals surface area contributed by atoms with E-state index in [1.54, 1.807) is 10.6 Å². The maximum absolute atomic E-state index is 15.0. The molecule has 0 radical (unpaired) electrons. The zero-order valence-corrected chi connectivity index (χ0v) is 14.9. The van der Waals surface area contributed by atoms with Crippen LogP contribution in [0.25, 0.3) is 11.0 Å². The summed E-state index contributed by atoms with van der Waals surface area (Å²) in [6, 6.07) is 3.17. The van der Waals surface area contributed by atoms with Crippen molar-refractivity contribution in [1.82, 2.24) is 9.55 Å². The van der Waals surface area contributed by atoms with Gasteiger partial charge in [-0.25, -0.2) is 9.37 Å². The molecule has 7 heteroatoms. The zero-order chi connectivity index (χ0) is 18.6. The maximum atomic E-state index is 15.0. The first kappa shape index (κ1) is 17.0. The summed E-state index contributed by atoms with van der Waals surface area (Å²) in [5.41, 5.74) is 0.858. The lowest BCUT2D eigenvalue weighted by molar-refractivity contribution is -0.136. The van der Waals surface area contributed by atoms with E-state index in [0.29, 0.717) is 17.0 Å². The number of carboxylic acids is 1. The van der Waals surface area contributed by atoms with Crippen LogP contribution in [0, 0.1) is 17.2 Å². The summed E-state index contributed by atoms with van der Waals surface area (Å²) < 4.78 is 16.8. The number of rotatable bonds is 5. The quantitative estimate of drug-likeness (QED) is 0.856. The van der Waals surface area contributed by atoms with Crippen molar-refractivity contribution in [3.63, 3.8) is 0 Å². The summed E-state index contributed by atoms with van der Waals surface area (Å²) in [6.07, 6.45) is 3.29. The number of carbonyl (C=O) groups excluding carboxylic acids is 1. The average Bonchev–Trinajstić information content (AvgIpc) is 3.00. The Hall–Kier alpha value is -2.44. The van der Waals surface area contributed by atoms with Gasteiger partial charge in [0, 0.05) is 17.5 Å². The van der Waals surface area contributed by atoms with E-state index >= 15 is 4.39 Å². The Morgan fingerprint density at radius 3 is 2.62 bits per heavy atom. The highest BCUT2D eigenvalue weighted by Crippen LogP contribution is 2.52. The topological polar surface area (TPSA) is 84.2 Å². The van der Waals surface area contributed by atoms with Crippen LogP contribution in [-0.4, -0.2) is 26.5 Å². The number of hydrogen-bond donors (Lipinski definition) is 2. The number of nitrogens with one attached hydrogen (secondary N) is 1. The molecular weight excluding hydrogens is 337 g/mol. The molecule has 2 N–H and O–H groups in total. The molecule has 2 fully saturated rings. The third-order valence-electron chi connectivity index (χ3n) is 5.72. The van der Waals surface area contributed by atoms with Gasteiger partial charge in [-0.15, -0.1) is 0 Å². The van der Waals surface area contributed by atoms with E-state index in [4.69, 9.17) is 5.11 Å². The largest absolute Gasteiger partial charge is 0.481 e. The predicted octanol–water partition coefficient (Wildman–Crippen LogP) is 3.51. The monoisotopic (exact) mass is 359 g/mol. The normalized spacial score (nSPS) is 21.4. The molecule has 2 aromatic rings. The van der Waals surface area contributed by atoms with Gasteiger partial charge in [-0.1, -0.05) is 19.9 Å². The highest BCUT2D eigenvalue weighted by Gasteiger charge is 2.50. The van der Waals surface area contributed by atoms with Crippen LogP contribution in [0.4, 0.5) is 10.3 Å². The fraction of sp³-hybridized carbons (Fsp3) is 0.526. The number of nitrogens with zero attached hydrogens (tertiary/aromatic N) is 2. The molecule has 1 aromatic carbocycles. The fourth-order valence-corrected chi connectivity index (χ4v) is 3.69. The minimum absolute atomic E-state index is 0.00267. The van der Waals surface area contributed by atoms with E-state index < -0.39 is 11.8 Å². The number of aliphatic carboxylic acids is 1. The van der Waals surface area contributed by atoms with Gasteiger partial charge in [0.1, 0.15) is 5.52 Å². The fourth-order valence-electron chi connectivity index (χ4n) is 3.69.